The molecule has 0 spiro atoms. The number of aliphatic hydroxyl groups is 3. The Balaban J connectivity index is 0. The molecule has 0 rings (SSSR count). The van der Waals surface area contributed by atoms with Gasteiger partial charge in [-0.05, 0) is 6.42 Å². The molecule has 0 aliphatic rings. The lowest BCUT2D eigenvalue weighted by Gasteiger charge is -2.40. The first-order valence-electron chi connectivity index (χ1n) is 9.14. The summed E-state index contributed by atoms with van der Waals surface area (Å²) in [5.41, 5.74) is 0. The molecular weight excluding hydrogens is 382 g/mol. The summed E-state index contributed by atoms with van der Waals surface area (Å²) in [5.74, 6) is -0.670. The molecule has 11 heteroatoms. The lowest BCUT2D eigenvalue weighted by atomic mass is 10.1. The van der Waals surface area contributed by atoms with Crippen LogP contribution in [0.1, 0.15) is 52.4 Å². The fourth-order valence-electron chi connectivity index (χ4n) is 2.63. The van der Waals surface area contributed by atoms with Crippen LogP contribution in [0.15, 0.2) is 0 Å². The van der Waals surface area contributed by atoms with Gasteiger partial charge in [0.15, 0.2) is 0 Å². The first kappa shape index (κ1) is 28.4. The summed E-state index contributed by atoms with van der Waals surface area (Å²) in [6.45, 7) is 3.02. The minimum Gasteiger partial charge on any atom is -0.481 e. The zero-order chi connectivity index (χ0) is 21.3. The molecule has 0 aliphatic heterocycles. The molecule has 0 aromatic rings. The molecule has 0 heterocycles. The average Bonchev–Trinajstić information content (AvgIpc) is 2.54. The highest BCUT2D eigenvalue weighted by atomic mass is 32.3. The number of carboxylic acids is 1. The van der Waals surface area contributed by atoms with E-state index in [1.165, 1.54) is 26.2 Å². The van der Waals surface area contributed by atoms with E-state index in [9.17, 15) is 13.2 Å². The van der Waals surface area contributed by atoms with Crippen molar-refractivity contribution in [3.8, 4) is 0 Å². The first-order valence-corrected chi connectivity index (χ1v) is 10.5. The van der Waals surface area contributed by atoms with Gasteiger partial charge in [-0.3, -0.25) is 13.8 Å². The molecule has 1 atom stereocenters. The second-order valence-electron chi connectivity index (χ2n) is 6.24. The molecule has 0 saturated heterocycles. The van der Waals surface area contributed by atoms with Gasteiger partial charge in [-0.15, -0.1) is 0 Å². The highest BCUT2D eigenvalue weighted by molar-refractivity contribution is 7.80. The number of carbonyl (C=O) groups is 1. The highest BCUT2D eigenvalue weighted by Crippen LogP contribution is 2.16. The van der Waals surface area contributed by atoms with Gasteiger partial charge >= 0.3 is 16.4 Å². The number of hydrogen-bond donors (Lipinski definition) is 5. The molecule has 164 valence electrons. The standard InChI is InChI=1S/C8H19NO7S.C8H16O2/c1-8(16-17(13,14)15)9(2-5-10,3-6-11)4-7-12;1-2-3-4-5-6-7-8(9)10/h8,10-12H,2-7H2,1H3;2-7H2,1H3,(H,9,10)/p+1. The monoisotopic (exact) mass is 418 g/mol. The van der Waals surface area contributed by atoms with Gasteiger partial charge < -0.3 is 20.4 Å². The van der Waals surface area contributed by atoms with Crippen LogP contribution in [0, 0.1) is 0 Å². The van der Waals surface area contributed by atoms with Crippen molar-refractivity contribution < 1.29 is 46.9 Å². The summed E-state index contributed by atoms with van der Waals surface area (Å²) in [6, 6.07) is 0. The number of aliphatic hydroxyl groups excluding tert-OH is 3. The summed E-state index contributed by atoms with van der Waals surface area (Å²) in [4.78, 5) is 10.0. The molecule has 0 radical (unpaired) electrons. The maximum Gasteiger partial charge on any atom is 0.402 e. The van der Waals surface area contributed by atoms with Gasteiger partial charge in [0, 0.05) is 13.3 Å². The van der Waals surface area contributed by atoms with E-state index < -0.39 is 22.6 Å². The number of quaternary nitrogens is 1. The van der Waals surface area contributed by atoms with Crippen molar-refractivity contribution in [1.82, 2.24) is 0 Å². The van der Waals surface area contributed by atoms with Crippen LogP contribution in [0.2, 0.25) is 0 Å². The van der Waals surface area contributed by atoms with Crippen molar-refractivity contribution in [2.75, 3.05) is 39.5 Å². The summed E-state index contributed by atoms with van der Waals surface area (Å²) in [5, 5.41) is 35.1. The average molecular weight is 419 g/mol. The van der Waals surface area contributed by atoms with Crippen LogP contribution in [0.5, 0.6) is 0 Å². The smallest absolute Gasteiger partial charge is 0.402 e. The van der Waals surface area contributed by atoms with Gasteiger partial charge in [0.2, 0.25) is 6.23 Å². The quantitative estimate of drug-likeness (QED) is 0.109. The molecular formula is C16H36NO9S+. The minimum atomic E-state index is -4.62. The second kappa shape index (κ2) is 16.2. The number of rotatable bonds is 15. The number of unbranched alkanes of at least 4 members (excludes halogenated alkanes) is 4. The normalized spacial score (nSPS) is 13.0. The lowest BCUT2D eigenvalue weighted by molar-refractivity contribution is -0.966. The first-order chi connectivity index (χ1) is 12.6. The molecule has 0 aromatic heterocycles. The molecule has 0 bridgehead atoms. The lowest BCUT2D eigenvalue weighted by Crippen LogP contribution is -2.59. The molecule has 0 amide bonds. The Morgan fingerprint density at radius 3 is 1.74 bits per heavy atom. The van der Waals surface area contributed by atoms with Crippen molar-refractivity contribution in [2.24, 2.45) is 0 Å². The zero-order valence-corrected chi connectivity index (χ0v) is 17.1. The number of carboxylic acid groups (broad SMARTS) is 1. The third-order valence-corrected chi connectivity index (χ3v) is 4.68. The van der Waals surface area contributed by atoms with Crippen LogP contribution >= 0.6 is 0 Å². The summed E-state index contributed by atoms with van der Waals surface area (Å²) >= 11 is 0. The third-order valence-electron chi connectivity index (χ3n) is 4.16. The summed E-state index contributed by atoms with van der Waals surface area (Å²) in [6.07, 6.45) is 4.87. The molecule has 0 aromatic carbocycles. The van der Waals surface area contributed by atoms with Gasteiger partial charge in [0.05, 0.1) is 19.8 Å². The van der Waals surface area contributed by atoms with Crippen LogP contribution in [0.25, 0.3) is 0 Å². The van der Waals surface area contributed by atoms with Gasteiger partial charge in [-0.1, -0.05) is 32.6 Å². The Kier molecular flexibility index (Phi) is 17.0. The van der Waals surface area contributed by atoms with Crippen LogP contribution in [-0.4, -0.2) is 89.5 Å². The van der Waals surface area contributed by atoms with E-state index in [0.717, 1.165) is 12.8 Å². The largest absolute Gasteiger partial charge is 0.481 e. The Morgan fingerprint density at radius 2 is 1.41 bits per heavy atom. The molecule has 0 fully saturated rings. The summed E-state index contributed by atoms with van der Waals surface area (Å²) < 4.78 is 34.1. The Hall–Kier alpha value is -0.820. The fourth-order valence-corrected chi connectivity index (χ4v) is 3.16. The van der Waals surface area contributed by atoms with Gasteiger partial charge in [0.25, 0.3) is 0 Å². The second-order valence-corrected chi connectivity index (χ2v) is 7.29. The highest BCUT2D eigenvalue weighted by Gasteiger charge is 2.36. The predicted molar refractivity (Wildman–Crippen MR) is 99.2 cm³/mol. The van der Waals surface area contributed by atoms with Crippen LogP contribution in [-0.2, 0) is 19.4 Å². The van der Waals surface area contributed by atoms with E-state index in [4.69, 9.17) is 25.0 Å². The molecule has 1 unspecified atom stereocenters. The minimum absolute atomic E-state index is 0.0950. The zero-order valence-electron chi connectivity index (χ0n) is 16.3. The molecule has 27 heavy (non-hydrogen) atoms. The topological polar surface area (TPSA) is 162 Å². The van der Waals surface area contributed by atoms with E-state index in [2.05, 4.69) is 11.1 Å². The van der Waals surface area contributed by atoms with Gasteiger partial charge in [-0.2, -0.15) is 12.6 Å². The predicted octanol–water partition coefficient (Wildman–Crippen LogP) is 0.377. The molecule has 0 aliphatic carbocycles. The summed E-state index contributed by atoms with van der Waals surface area (Å²) in [7, 11) is -4.62. The van der Waals surface area contributed by atoms with Crippen molar-refractivity contribution in [2.45, 2.75) is 58.6 Å². The van der Waals surface area contributed by atoms with Crippen molar-refractivity contribution in [3.05, 3.63) is 0 Å². The Labute approximate surface area is 161 Å². The molecule has 0 saturated carbocycles. The van der Waals surface area contributed by atoms with Crippen LogP contribution < -0.4 is 0 Å². The number of aliphatic carboxylic acids is 1. The maximum absolute atomic E-state index is 10.6. The maximum atomic E-state index is 10.6. The van der Waals surface area contributed by atoms with E-state index in [1.54, 1.807) is 0 Å². The van der Waals surface area contributed by atoms with Gasteiger partial charge in [-0.25, -0.2) is 0 Å². The van der Waals surface area contributed by atoms with E-state index in [-0.39, 0.29) is 43.9 Å². The van der Waals surface area contributed by atoms with Gasteiger partial charge in [0.1, 0.15) is 19.6 Å². The van der Waals surface area contributed by atoms with E-state index in [1.807, 2.05) is 0 Å². The van der Waals surface area contributed by atoms with Crippen molar-refractivity contribution >= 4 is 16.4 Å². The third kappa shape index (κ3) is 15.9. The Bertz CT molecular complexity index is 453. The van der Waals surface area contributed by atoms with Crippen molar-refractivity contribution in [3.63, 3.8) is 0 Å². The van der Waals surface area contributed by atoms with Crippen LogP contribution in [0.4, 0.5) is 0 Å². The molecule has 10 nitrogen and oxygen atoms in total. The SMILES string of the molecule is CC(OS(=O)(=O)O)[N+](CCO)(CCO)CCO.CCCCCCCC(=O)O. The van der Waals surface area contributed by atoms with Crippen molar-refractivity contribution in [1.29, 1.82) is 0 Å². The molecule has 5 N–H and O–H groups in total. The van der Waals surface area contributed by atoms with Crippen LogP contribution in [0.3, 0.4) is 0 Å². The number of hydrogen-bond acceptors (Lipinski definition) is 7. The fraction of sp³-hybridized carbons (Fsp3) is 0.938. The Morgan fingerprint density at radius 1 is 0.963 bits per heavy atom. The van der Waals surface area contributed by atoms with E-state index in [0.29, 0.717) is 6.42 Å². The number of nitrogens with zero attached hydrogens (tertiary/aromatic N) is 1. The van der Waals surface area contributed by atoms with E-state index >= 15 is 0 Å².